The van der Waals surface area contributed by atoms with E-state index in [0.717, 1.165) is 6.07 Å². The molecule has 18 heavy (non-hydrogen) atoms. The molecule has 0 atom stereocenters. The van der Waals surface area contributed by atoms with Gasteiger partial charge in [0.1, 0.15) is 0 Å². The normalized spacial score (nSPS) is 11.6. The largest absolute Gasteiger partial charge is 0.417 e. The summed E-state index contributed by atoms with van der Waals surface area (Å²) in [6.07, 6.45) is -4.48. The average Bonchev–Trinajstić information content (AvgIpc) is 2.80. The fourth-order valence-corrected chi connectivity index (χ4v) is 2.55. The molecule has 0 aliphatic carbocycles. The molecule has 1 heterocycles. The topological polar surface area (TPSA) is 17.1 Å². The summed E-state index contributed by atoms with van der Waals surface area (Å²) in [5.74, 6) is -0.408. The molecule has 2 aromatic rings. The Labute approximate surface area is 113 Å². The number of carbonyl (C=O) groups excluding carboxylic acids is 1. The van der Waals surface area contributed by atoms with E-state index < -0.39 is 17.5 Å². The van der Waals surface area contributed by atoms with Crippen molar-refractivity contribution in [1.29, 1.82) is 0 Å². The number of carbonyl (C=O) groups is 1. The summed E-state index contributed by atoms with van der Waals surface area (Å²) in [5.41, 5.74) is -0.414. The summed E-state index contributed by atoms with van der Waals surface area (Å²) >= 11 is 4.16. The lowest BCUT2D eigenvalue weighted by molar-refractivity contribution is -0.138. The second kappa shape index (κ2) is 4.85. The van der Waals surface area contributed by atoms with Gasteiger partial charge in [-0.25, -0.2) is 0 Å². The van der Waals surface area contributed by atoms with E-state index >= 15 is 0 Å². The van der Waals surface area contributed by atoms with Gasteiger partial charge in [0.15, 0.2) is 5.78 Å². The predicted octanol–water partition coefficient (Wildman–Crippen LogP) is 4.76. The van der Waals surface area contributed by atoms with Gasteiger partial charge in [0.25, 0.3) is 0 Å². The zero-order valence-electron chi connectivity index (χ0n) is 8.79. The van der Waals surface area contributed by atoms with Gasteiger partial charge in [-0.3, -0.25) is 4.79 Å². The Balaban J connectivity index is 2.45. The molecule has 6 heteroatoms. The monoisotopic (exact) mass is 334 g/mol. The maximum absolute atomic E-state index is 12.7. The number of hydrogen-bond acceptors (Lipinski definition) is 2. The molecule has 94 valence electrons. The number of hydrogen-bond donors (Lipinski definition) is 0. The molecule has 1 aromatic carbocycles. The summed E-state index contributed by atoms with van der Waals surface area (Å²) in [6.45, 7) is 0. The number of halogens is 4. The standard InChI is InChI=1S/C12H6BrF3OS/c13-10-2-1-7(5-9(10)12(14,15)16)11(17)8-3-4-18-6-8/h1-6H. The van der Waals surface area contributed by atoms with Crippen molar-refractivity contribution in [2.24, 2.45) is 0 Å². The summed E-state index contributed by atoms with van der Waals surface area (Å²) in [5, 5.41) is 3.31. The van der Waals surface area contributed by atoms with Crippen LogP contribution < -0.4 is 0 Å². The number of benzene rings is 1. The van der Waals surface area contributed by atoms with Crippen LogP contribution in [0.1, 0.15) is 21.5 Å². The molecule has 0 spiro atoms. The van der Waals surface area contributed by atoms with Crippen LogP contribution in [0.25, 0.3) is 0 Å². The zero-order valence-corrected chi connectivity index (χ0v) is 11.2. The van der Waals surface area contributed by atoms with E-state index in [-0.39, 0.29) is 10.0 Å². The number of alkyl halides is 3. The minimum Gasteiger partial charge on any atom is -0.289 e. The van der Waals surface area contributed by atoms with E-state index in [9.17, 15) is 18.0 Å². The van der Waals surface area contributed by atoms with E-state index in [1.54, 1.807) is 16.8 Å². The lowest BCUT2D eigenvalue weighted by Crippen LogP contribution is -2.09. The van der Waals surface area contributed by atoms with Crippen molar-refractivity contribution in [3.63, 3.8) is 0 Å². The maximum atomic E-state index is 12.7. The van der Waals surface area contributed by atoms with Crippen LogP contribution in [0.5, 0.6) is 0 Å². The second-order valence-corrected chi connectivity index (χ2v) is 5.17. The Morgan fingerprint density at radius 1 is 1.17 bits per heavy atom. The third-order valence-corrected chi connectivity index (χ3v) is 3.69. The van der Waals surface area contributed by atoms with E-state index in [1.165, 1.54) is 23.5 Å². The average molecular weight is 335 g/mol. The highest BCUT2D eigenvalue weighted by Gasteiger charge is 2.33. The van der Waals surface area contributed by atoms with Gasteiger partial charge in [-0.05, 0) is 29.6 Å². The highest BCUT2D eigenvalue weighted by Crippen LogP contribution is 2.35. The third kappa shape index (κ3) is 2.64. The molecular weight excluding hydrogens is 329 g/mol. The van der Waals surface area contributed by atoms with Gasteiger partial charge < -0.3 is 0 Å². The Bertz CT molecular complexity index is 576. The maximum Gasteiger partial charge on any atom is 0.417 e. The molecule has 0 aliphatic heterocycles. The van der Waals surface area contributed by atoms with Gasteiger partial charge in [0.05, 0.1) is 5.56 Å². The first-order chi connectivity index (χ1) is 8.39. The van der Waals surface area contributed by atoms with E-state index in [2.05, 4.69) is 15.9 Å². The number of thiophene rings is 1. The second-order valence-electron chi connectivity index (χ2n) is 3.53. The summed E-state index contributed by atoms with van der Waals surface area (Å²) in [4.78, 5) is 11.9. The van der Waals surface area contributed by atoms with Crippen molar-refractivity contribution in [2.75, 3.05) is 0 Å². The Morgan fingerprint density at radius 2 is 1.89 bits per heavy atom. The van der Waals surface area contributed by atoms with Crippen molar-refractivity contribution in [1.82, 2.24) is 0 Å². The SMILES string of the molecule is O=C(c1ccsc1)c1ccc(Br)c(C(F)(F)F)c1. The Kier molecular flexibility index (Phi) is 3.59. The van der Waals surface area contributed by atoms with Crippen LogP contribution in [0.2, 0.25) is 0 Å². The van der Waals surface area contributed by atoms with E-state index in [1.807, 2.05) is 0 Å². The Morgan fingerprint density at radius 3 is 2.44 bits per heavy atom. The minimum atomic E-state index is -4.48. The van der Waals surface area contributed by atoms with Crippen molar-refractivity contribution >= 4 is 33.0 Å². The van der Waals surface area contributed by atoms with Crippen LogP contribution in [0.4, 0.5) is 13.2 Å². The molecule has 0 bridgehead atoms. The molecule has 0 saturated carbocycles. The smallest absolute Gasteiger partial charge is 0.289 e. The summed E-state index contributed by atoms with van der Waals surface area (Å²) < 4.78 is 38.0. The molecule has 0 amide bonds. The molecule has 0 fully saturated rings. The summed E-state index contributed by atoms with van der Waals surface area (Å²) in [6, 6.07) is 5.06. The third-order valence-electron chi connectivity index (χ3n) is 2.32. The number of rotatable bonds is 2. The quantitative estimate of drug-likeness (QED) is 0.723. The lowest BCUT2D eigenvalue weighted by atomic mass is 10.0. The van der Waals surface area contributed by atoms with E-state index in [0.29, 0.717) is 5.56 Å². The molecular formula is C12H6BrF3OS. The molecule has 0 aliphatic rings. The van der Waals surface area contributed by atoms with Crippen LogP contribution in [0.3, 0.4) is 0 Å². The molecule has 1 aromatic heterocycles. The molecule has 2 rings (SSSR count). The first kappa shape index (κ1) is 13.3. The van der Waals surface area contributed by atoms with Crippen molar-refractivity contribution < 1.29 is 18.0 Å². The van der Waals surface area contributed by atoms with E-state index in [4.69, 9.17) is 0 Å². The van der Waals surface area contributed by atoms with Crippen LogP contribution in [-0.2, 0) is 6.18 Å². The highest BCUT2D eigenvalue weighted by atomic mass is 79.9. The van der Waals surface area contributed by atoms with Crippen molar-refractivity contribution in [3.05, 3.63) is 56.2 Å². The van der Waals surface area contributed by atoms with Crippen molar-refractivity contribution in [2.45, 2.75) is 6.18 Å². The molecule has 0 saturated heterocycles. The van der Waals surface area contributed by atoms with Crippen LogP contribution in [-0.4, -0.2) is 5.78 Å². The molecule has 0 unspecified atom stereocenters. The minimum absolute atomic E-state index is 0.0314. The fourth-order valence-electron chi connectivity index (χ4n) is 1.44. The van der Waals surface area contributed by atoms with Gasteiger partial charge >= 0.3 is 6.18 Å². The molecule has 0 N–H and O–H groups in total. The van der Waals surface area contributed by atoms with Crippen molar-refractivity contribution in [3.8, 4) is 0 Å². The lowest BCUT2D eigenvalue weighted by Gasteiger charge is -2.10. The van der Waals surface area contributed by atoms with Gasteiger partial charge in [0.2, 0.25) is 0 Å². The molecule has 0 radical (unpaired) electrons. The predicted molar refractivity (Wildman–Crippen MR) is 66.9 cm³/mol. The van der Waals surface area contributed by atoms with Gasteiger partial charge in [-0.1, -0.05) is 15.9 Å². The van der Waals surface area contributed by atoms with Crippen LogP contribution in [0.15, 0.2) is 39.5 Å². The molecule has 1 nitrogen and oxygen atoms in total. The number of ketones is 1. The summed E-state index contributed by atoms with van der Waals surface area (Å²) in [7, 11) is 0. The van der Waals surface area contributed by atoms with Gasteiger partial charge in [-0.15, -0.1) is 0 Å². The first-order valence-corrected chi connectivity index (χ1v) is 6.57. The first-order valence-electron chi connectivity index (χ1n) is 4.83. The highest BCUT2D eigenvalue weighted by molar-refractivity contribution is 9.10. The van der Waals surface area contributed by atoms with Gasteiger partial charge in [-0.2, -0.15) is 24.5 Å². The van der Waals surface area contributed by atoms with Crippen LogP contribution in [0, 0.1) is 0 Å². The van der Waals surface area contributed by atoms with Gasteiger partial charge in [0, 0.05) is 21.0 Å². The Hall–Kier alpha value is -1.14. The van der Waals surface area contributed by atoms with Crippen LogP contribution >= 0.6 is 27.3 Å². The zero-order chi connectivity index (χ0) is 13.3. The fraction of sp³-hybridized carbons (Fsp3) is 0.0833.